The maximum absolute atomic E-state index is 5.77. The van der Waals surface area contributed by atoms with Gasteiger partial charge in [0.05, 0.1) is 12.7 Å². The molecule has 0 saturated carbocycles. The molecule has 0 bridgehead atoms. The number of rotatable bonds is 7. The van der Waals surface area contributed by atoms with Crippen molar-refractivity contribution in [2.24, 2.45) is 0 Å². The molecule has 0 atom stereocenters. The van der Waals surface area contributed by atoms with Crippen molar-refractivity contribution >= 4 is 12.2 Å². The molecule has 0 saturated heterocycles. The third-order valence-corrected chi connectivity index (χ3v) is 5.64. The lowest BCUT2D eigenvalue weighted by Gasteiger charge is -2.28. The summed E-state index contributed by atoms with van der Waals surface area (Å²) >= 11 is 5.77. The van der Waals surface area contributed by atoms with Crippen molar-refractivity contribution in [3.05, 3.63) is 101 Å². The number of hydrogen-bond acceptors (Lipinski definition) is 4. The fourth-order valence-corrected chi connectivity index (χ4v) is 4.11. The van der Waals surface area contributed by atoms with E-state index in [1.165, 1.54) is 11.1 Å². The molecule has 6 heteroatoms. The average Bonchev–Trinajstić information content (AvgIpc) is 3.11. The molecule has 4 aromatic rings. The Bertz CT molecular complexity index is 1100. The van der Waals surface area contributed by atoms with Gasteiger partial charge in [0.15, 0.2) is 10.6 Å². The molecule has 5 nitrogen and oxygen atoms in total. The van der Waals surface area contributed by atoms with Crippen LogP contribution in [0.5, 0.6) is 0 Å². The summed E-state index contributed by atoms with van der Waals surface area (Å²) in [6.45, 7) is 3.44. The minimum atomic E-state index is 0.102. The van der Waals surface area contributed by atoms with Gasteiger partial charge in [-0.05, 0) is 49.4 Å². The first-order valence-corrected chi connectivity index (χ1v) is 10.5. The van der Waals surface area contributed by atoms with E-state index in [1.54, 1.807) is 12.4 Å². The predicted molar refractivity (Wildman–Crippen MR) is 122 cm³/mol. The predicted octanol–water partition coefficient (Wildman–Crippen LogP) is 5.17. The Morgan fingerprint density at radius 1 is 0.900 bits per heavy atom. The third-order valence-electron chi connectivity index (χ3n) is 5.21. The summed E-state index contributed by atoms with van der Waals surface area (Å²) in [6.07, 6.45) is 3.56. The Labute approximate surface area is 182 Å². The van der Waals surface area contributed by atoms with Gasteiger partial charge in [-0.15, -0.1) is 0 Å². The maximum Gasteiger partial charge on any atom is 0.199 e. The van der Waals surface area contributed by atoms with Crippen LogP contribution in [-0.4, -0.2) is 31.3 Å². The summed E-state index contributed by atoms with van der Waals surface area (Å²) < 4.78 is 4.70. The van der Waals surface area contributed by atoms with Gasteiger partial charge in [-0.2, -0.15) is 5.10 Å². The number of aromatic nitrogens is 4. The van der Waals surface area contributed by atoms with Crippen molar-refractivity contribution in [2.45, 2.75) is 26.2 Å². The number of pyridine rings is 1. The van der Waals surface area contributed by atoms with E-state index in [1.807, 2.05) is 28.9 Å². The smallest absolute Gasteiger partial charge is 0.199 e. The second-order valence-electron chi connectivity index (χ2n) is 7.21. The largest absolute Gasteiger partial charge is 0.300 e. The monoisotopic (exact) mass is 415 g/mol. The van der Waals surface area contributed by atoms with Gasteiger partial charge in [0.25, 0.3) is 0 Å². The lowest BCUT2D eigenvalue weighted by atomic mass is 9.98. The van der Waals surface area contributed by atoms with Gasteiger partial charge in [0, 0.05) is 24.5 Å². The first-order chi connectivity index (χ1) is 14.7. The van der Waals surface area contributed by atoms with Crippen LogP contribution in [0, 0.1) is 4.77 Å². The zero-order valence-electron chi connectivity index (χ0n) is 17.2. The van der Waals surface area contributed by atoms with Gasteiger partial charge >= 0.3 is 0 Å². The van der Waals surface area contributed by atoms with E-state index in [2.05, 4.69) is 77.0 Å². The molecule has 0 radical (unpaired) electrons. The molecule has 0 aliphatic heterocycles. The topological polar surface area (TPSA) is 38.9 Å². The summed E-state index contributed by atoms with van der Waals surface area (Å²) in [6, 6.07) is 25.1. The molecule has 0 N–H and O–H groups in total. The van der Waals surface area contributed by atoms with Crippen molar-refractivity contribution < 1.29 is 0 Å². The standard InChI is InChI=1S/C24H25N5S/c1-3-28-23(21-14-16-25-17-15-21)26-29(24(28)30)18-27(2)22(19-10-6-4-7-11-19)20-12-8-5-9-13-20/h4-17,22H,3,18H2,1-2H3. The Kier molecular flexibility index (Phi) is 6.16. The highest BCUT2D eigenvalue weighted by atomic mass is 32.1. The molecule has 2 aromatic carbocycles. The van der Waals surface area contributed by atoms with Gasteiger partial charge in [-0.3, -0.25) is 9.88 Å². The third kappa shape index (κ3) is 4.10. The van der Waals surface area contributed by atoms with Crippen molar-refractivity contribution in [1.29, 1.82) is 0 Å². The molecule has 0 aliphatic carbocycles. The summed E-state index contributed by atoms with van der Waals surface area (Å²) in [5.41, 5.74) is 3.49. The lowest BCUT2D eigenvalue weighted by molar-refractivity contribution is 0.208. The van der Waals surface area contributed by atoms with E-state index in [0.29, 0.717) is 6.67 Å². The van der Waals surface area contributed by atoms with Crippen molar-refractivity contribution in [1.82, 2.24) is 24.2 Å². The Morgan fingerprint density at radius 2 is 1.47 bits per heavy atom. The molecule has 0 aliphatic rings. The van der Waals surface area contributed by atoms with Crippen molar-refractivity contribution in [2.75, 3.05) is 7.05 Å². The van der Waals surface area contributed by atoms with Crippen molar-refractivity contribution in [3.8, 4) is 11.4 Å². The highest BCUT2D eigenvalue weighted by Crippen LogP contribution is 2.28. The molecule has 4 rings (SSSR count). The van der Waals surface area contributed by atoms with E-state index in [4.69, 9.17) is 17.3 Å². The lowest BCUT2D eigenvalue weighted by Crippen LogP contribution is -2.28. The van der Waals surface area contributed by atoms with Crippen LogP contribution in [0.2, 0.25) is 0 Å². The van der Waals surface area contributed by atoms with Gasteiger partial charge in [-0.1, -0.05) is 60.7 Å². The van der Waals surface area contributed by atoms with E-state index in [9.17, 15) is 0 Å². The number of nitrogens with zero attached hydrogens (tertiary/aromatic N) is 5. The van der Waals surface area contributed by atoms with Crippen LogP contribution in [-0.2, 0) is 13.2 Å². The maximum atomic E-state index is 5.77. The fourth-order valence-electron chi connectivity index (χ4n) is 3.80. The summed E-state index contributed by atoms with van der Waals surface area (Å²) in [5, 5.41) is 4.87. The number of hydrogen-bond donors (Lipinski definition) is 0. The normalized spacial score (nSPS) is 11.3. The fraction of sp³-hybridized carbons (Fsp3) is 0.208. The molecule has 152 valence electrons. The molecule has 0 amide bonds. The minimum Gasteiger partial charge on any atom is -0.300 e. The molecule has 2 aromatic heterocycles. The number of benzene rings is 2. The Hall–Kier alpha value is -3.09. The van der Waals surface area contributed by atoms with Crippen LogP contribution >= 0.6 is 12.2 Å². The van der Waals surface area contributed by atoms with Crippen LogP contribution in [0.1, 0.15) is 24.1 Å². The van der Waals surface area contributed by atoms with Gasteiger partial charge in [0.2, 0.25) is 0 Å². The first-order valence-electron chi connectivity index (χ1n) is 10.1. The first kappa shape index (κ1) is 20.2. The second-order valence-corrected chi connectivity index (χ2v) is 7.57. The minimum absolute atomic E-state index is 0.102. The quantitative estimate of drug-likeness (QED) is 0.390. The van der Waals surface area contributed by atoms with Gasteiger partial charge in [-0.25, -0.2) is 4.68 Å². The molecular formula is C24H25N5S. The highest BCUT2D eigenvalue weighted by Gasteiger charge is 2.21. The van der Waals surface area contributed by atoms with Crippen LogP contribution in [0.4, 0.5) is 0 Å². The van der Waals surface area contributed by atoms with Crippen LogP contribution in [0.15, 0.2) is 85.2 Å². The summed E-state index contributed by atoms with van der Waals surface area (Å²) in [4.78, 5) is 6.40. The molecule has 0 unspecified atom stereocenters. The molecule has 30 heavy (non-hydrogen) atoms. The van der Waals surface area contributed by atoms with Gasteiger partial charge in [0.1, 0.15) is 0 Å². The molecule has 0 spiro atoms. The summed E-state index contributed by atoms with van der Waals surface area (Å²) in [7, 11) is 2.11. The summed E-state index contributed by atoms with van der Waals surface area (Å²) in [5.74, 6) is 0.870. The van der Waals surface area contributed by atoms with Crippen LogP contribution in [0.25, 0.3) is 11.4 Å². The van der Waals surface area contributed by atoms with E-state index in [0.717, 1.165) is 22.7 Å². The van der Waals surface area contributed by atoms with E-state index >= 15 is 0 Å². The molecular weight excluding hydrogens is 390 g/mol. The zero-order valence-corrected chi connectivity index (χ0v) is 18.0. The molecule has 2 heterocycles. The van der Waals surface area contributed by atoms with Crippen LogP contribution < -0.4 is 0 Å². The highest BCUT2D eigenvalue weighted by molar-refractivity contribution is 7.71. The van der Waals surface area contributed by atoms with Crippen LogP contribution in [0.3, 0.4) is 0 Å². The Morgan fingerprint density at radius 3 is 2.00 bits per heavy atom. The van der Waals surface area contributed by atoms with Gasteiger partial charge < -0.3 is 4.57 Å². The second kappa shape index (κ2) is 9.15. The molecule has 0 fully saturated rings. The van der Waals surface area contributed by atoms with Crippen molar-refractivity contribution in [3.63, 3.8) is 0 Å². The SMILES string of the molecule is CCn1c(-c2ccncc2)nn(CN(C)C(c2ccccc2)c2ccccc2)c1=S. The van der Waals surface area contributed by atoms with E-state index in [-0.39, 0.29) is 6.04 Å². The average molecular weight is 416 g/mol. The zero-order chi connectivity index (χ0) is 20.9. The van der Waals surface area contributed by atoms with E-state index < -0.39 is 0 Å². The Balaban J connectivity index is 1.71.